The zero-order valence-corrected chi connectivity index (χ0v) is 11.7. The smallest absolute Gasteiger partial charge is 0.261 e. The van der Waals surface area contributed by atoms with Crippen molar-refractivity contribution in [3.63, 3.8) is 0 Å². The van der Waals surface area contributed by atoms with E-state index in [-0.39, 0.29) is 4.90 Å². The molecule has 0 saturated carbocycles. The quantitative estimate of drug-likeness (QED) is 0.847. The van der Waals surface area contributed by atoms with Crippen LogP contribution in [-0.2, 0) is 10.0 Å². The van der Waals surface area contributed by atoms with Gasteiger partial charge in [-0.3, -0.25) is 4.72 Å². The van der Waals surface area contributed by atoms with Gasteiger partial charge in [-0.25, -0.2) is 8.42 Å². The molecule has 19 heavy (non-hydrogen) atoms. The van der Waals surface area contributed by atoms with E-state index < -0.39 is 10.0 Å². The topological polar surface area (TPSA) is 72.2 Å². The molecular weight excluding hydrogens is 260 g/mol. The number of nitrogens with two attached hydrogens (primary N) is 1. The van der Waals surface area contributed by atoms with Crippen LogP contribution in [0.25, 0.3) is 0 Å². The van der Waals surface area contributed by atoms with Crippen LogP contribution in [0.3, 0.4) is 0 Å². The predicted octanol–water partition coefficient (Wildman–Crippen LogP) is 2.69. The fourth-order valence-corrected chi connectivity index (χ4v) is 2.98. The summed E-state index contributed by atoms with van der Waals surface area (Å²) in [6, 6.07) is 11.9. The lowest BCUT2D eigenvalue weighted by Gasteiger charge is -2.12. The summed E-state index contributed by atoms with van der Waals surface area (Å²) < 4.78 is 27.1. The third-order valence-electron chi connectivity index (χ3n) is 2.92. The zero-order valence-electron chi connectivity index (χ0n) is 10.8. The fraction of sp³-hybridized carbons (Fsp3) is 0.143. The molecule has 100 valence electrons. The Morgan fingerprint density at radius 1 is 1.05 bits per heavy atom. The second-order valence-electron chi connectivity index (χ2n) is 4.44. The molecule has 0 bridgehead atoms. The second kappa shape index (κ2) is 4.93. The van der Waals surface area contributed by atoms with Gasteiger partial charge in [-0.2, -0.15) is 0 Å². The molecule has 0 heterocycles. The molecule has 0 aliphatic rings. The molecule has 0 aromatic heterocycles. The third-order valence-corrected chi connectivity index (χ3v) is 4.28. The summed E-state index contributed by atoms with van der Waals surface area (Å²) in [6.07, 6.45) is 0. The summed E-state index contributed by atoms with van der Waals surface area (Å²) in [4.78, 5) is 0.245. The molecule has 0 aliphatic heterocycles. The monoisotopic (exact) mass is 276 g/mol. The third kappa shape index (κ3) is 2.88. The van der Waals surface area contributed by atoms with E-state index in [1.165, 1.54) is 0 Å². The fourth-order valence-electron chi connectivity index (χ4n) is 1.75. The van der Waals surface area contributed by atoms with Crippen LogP contribution in [0.4, 0.5) is 11.4 Å². The van der Waals surface area contributed by atoms with Gasteiger partial charge < -0.3 is 5.73 Å². The number of hydrogen-bond donors (Lipinski definition) is 2. The lowest BCUT2D eigenvalue weighted by molar-refractivity contribution is 0.601. The first-order valence-corrected chi connectivity index (χ1v) is 7.33. The van der Waals surface area contributed by atoms with Crippen molar-refractivity contribution >= 4 is 21.4 Å². The molecule has 5 heteroatoms. The van der Waals surface area contributed by atoms with E-state index in [4.69, 9.17) is 5.73 Å². The zero-order chi connectivity index (χ0) is 14.0. The number of rotatable bonds is 3. The molecule has 0 unspecified atom stereocenters. The summed E-state index contributed by atoms with van der Waals surface area (Å²) in [6.45, 7) is 3.63. The van der Waals surface area contributed by atoms with Crippen molar-refractivity contribution in [1.82, 2.24) is 0 Å². The highest BCUT2D eigenvalue weighted by molar-refractivity contribution is 7.92. The number of benzene rings is 2. The number of anilines is 2. The normalized spacial score (nSPS) is 11.3. The Balaban J connectivity index is 2.39. The summed E-state index contributed by atoms with van der Waals surface area (Å²) in [7, 11) is -3.58. The Kier molecular flexibility index (Phi) is 3.48. The van der Waals surface area contributed by atoms with Crippen molar-refractivity contribution in [2.45, 2.75) is 18.7 Å². The maximum Gasteiger partial charge on any atom is 0.261 e. The number of hydrogen-bond acceptors (Lipinski definition) is 3. The van der Waals surface area contributed by atoms with E-state index in [1.54, 1.807) is 43.3 Å². The minimum absolute atomic E-state index is 0.245. The largest absolute Gasteiger partial charge is 0.398 e. The van der Waals surface area contributed by atoms with Crippen LogP contribution in [0.2, 0.25) is 0 Å². The molecule has 2 rings (SSSR count). The van der Waals surface area contributed by atoms with E-state index in [2.05, 4.69) is 4.72 Å². The van der Waals surface area contributed by atoms with Gasteiger partial charge in [0.25, 0.3) is 10.0 Å². The van der Waals surface area contributed by atoms with Crippen LogP contribution >= 0.6 is 0 Å². The Morgan fingerprint density at radius 3 is 2.42 bits per heavy atom. The Bertz CT molecular complexity index is 709. The minimum Gasteiger partial charge on any atom is -0.398 e. The summed E-state index contributed by atoms with van der Waals surface area (Å²) >= 11 is 0. The van der Waals surface area contributed by atoms with Crippen LogP contribution in [0.15, 0.2) is 47.4 Å². The maximum absolute atomic E-state index is 12.3. The van der Waals surface area contributed by atoms with Crippen LogP contribution < -0.4 is 10.5 Å². The van der Waals surface area contributed by atoms with Gasteiger partial charge in [-0.15, -0.1) is 0 Å². The Hall–Kier alpha value is -2.01. The van der Waals surface area contributed by atoms with E-state index in [9.17, 15) is 8.42 Å². The van der Waals surface area contributed by atoms with Crippen molar-refractivity contribution in [3.05, 3.63) is 53.6 Å². The maximum atomic E-state index is 12.3. The molecule has 4 nitrogen and oxygen atoms in total. The lowest BCUT2D eigenvalue weighted by atomic mass is 10.2. The van der Waals surface area contributed by atoms with Crippen molar-refractivity contribution in [3.8, 4) is 0 Å². The van der Waals surface area contributed by atoms with Crippen LogP contribution in [0.5, 0.6) is 0 Å². The van der Waals surface area contributed by atoms with Crippen LogP contribution in [0, 0.1) is 13.8 Å². The number of nitrogens with one attached hydrogen (secondary N) is 1. The number of nitrogen functional groups attached to an aromatic ring is 1. The lowest BCUT2D eigenvalue weighted by Crippen LogP contribution is -2.14. The van der Waals surface area contributed by atoms with Crippen molar-refractivity contribution < 1.29 is 8.42 Å². The predicted molar refractivity (Wildman–Crippen MR) is 77.6 cm³/mol. The molecule has 0 aliphatic carbocycles. The van der Waals surface area contributed by atoms with E-state index >= 15 is 0 Å². The molecule has 2 aromatic carbocycles. The van der Waals surface area contributed by atoms with Gasteiger partial charge in [-0.1, -0.05) is 18.2 Å². The van der Waals surface area contributed by atoms with Crippen molar-refractivity contribution in [2.75, 3.05) is 10.5 Å². The summed E-state index contributed by atoms with van der Waals surface area (Å²) in [5, 5.41) is 0. The van der Waals surface area contributed by atoms with Crippen molar-refractivity contribution in [1.29, 1.82) is 0 Å². The Morgan fingerprint density at radius 2 is 1.74 bits per heavy atom. The second-order valence-corrected chi connectivity index (χ2v) is 6.12. The molecule has 3 N–H and O–H groups in total. The van der Waals surface area contributed by atoms with Crippen molar-refractivity contribution in [2.24, 2.45) is 0 Å². The number of sulfonamides is 1. The summed E-state index contributed by atoms with van der Waals surface area (Å²) in [5.41, 5.74) is 8.45. The van der Waals surface area contributed by atoms with Gasteiger partial charge >= 0.3 is 0 Å². The highest BCUT2D eigenvalue weighted by atomic mass is 32.2. The van der Waals surface area contributed by atoms with E-state index in [0.717, 1.165) is 11.1 Å². The van der Waals surface area contributed by atoms with Gasteiger partial charge in [0, 0.05) is 5.69 Å². The first-order valence-electron chi connectivity index (χ1n) is 5.85. The highest BCUT2D eigenvalue weighted by Crippen LogP contribution is 2.23. The standard InChI is InChI=1S/C14H16N2O2S/c1-10-5-3-6-12(9-10)19(17,18)16-14-8-4-7-13(15)11(14)2/h3-9,16H,15H2,1-2H3. The van der Waals surface area contributed by atoms with Gasteiger partial charge in [0.05, 0.1) is 10.6 Å². The van der Waals surface area contributed by atoms with Crippen LogP contribution in [0.1, 0.15) is 11.1 Å². The first kappa shape index (κ1) is 13.4. The SMILES string of the molecule is Cc1cccc(S(=O)(=O)Nc2cccc(N)c2C)c1. The Labute approximate surface area is 113 Å². The van der Waals surface area contributed by atoms with Gasteiger partial charge in [0.1, 0.15) is 0 Å². The van der Waals surface area contributed by atoms with Gasteiger partial charge in [0.2, 0.25) is 0 Å². The molecule has 0 spiro atoms. The van der Waals surface area contributed by atoms with Crippen LogP contribution in [-0.4, -0.2) is 8.42 Å². The highest BCUT2D eigenvalue weighted by Gasteiger charge is 2.15. The summed E-state index contributed by atoms with van der Waals surface area (Å²) in [5.74, 6) is 0. The van der Waals surface area contributed by atoms with Gasteiger partial charge in [0.15, 0.2) is 0 Å². The molecule has 0 saturated heterocycles. The van der Waals surface area contributed by atoms with E-state index in [0.29, 0.717) is 11.4 Å². The average Bonchev–Trinajstić information content (AvgIpc) is 2.35. The van der Waals surface area contributed by atoms with E-state index in [1.807, 2.05) is 13.0 Å². The van der Waals surface area contributed by atoms with Gasteiger partial charge in [-0.05, 0) is 49.2 Å². The molecule has 0 radical (unpaired) electrons. The molecule has 0 amide bonds. The molecule has 0 atom stereocenters. The molecule has 0 fully saturated rings. The molecular formula is C14H16N2O2S. The minimum atomic E-state index is -3.58. The first-order chi connectivity index (χ1) is 8.90. The number of aryl methyl sites for hydroxylation is 1. The molecule has 2 aromatic rings. The average molecular weight is 276 g/mol.